The summed E-state index contributed by atoms with van der Waals surface area (Å²) >= 11 is 0. The van der Waals surface area contributed by atoms with Gasteiger partial charge in [0.2, 0.25) is 6.79 Å². The highest BCUT2D eigenvalue weighted by atomic mass is 16.7. The van der Waals surface area contributed by atoms with Crippen LogP contribution in [-0.4, -0.2) is 54.0 Å². The molecular formula is C25H26N2O5. The van der Waals surface area contributed by atoms with Crippen LogP contribution < -0.4 is 9.47 Å². The molecule has 0 spiro atoms. The molecule has 2 aromatic carbocycles. The van der Waals surface area contributed by atoms with Crippen molar-refractivity contribution in [2.24, 2.45) is 16.8 Å². The van der Waals surface area contributed by atoms with Gasteiger partial charge in [-0.2, -0.15) is 0 Å². The first-order valence-corrected chi connectivity index (χ1v) is 11.1. The number of ether oxygens (including phenoxy) is 2. The minimum absolute atomic E-state index is 0.0186. The summed E-state index contributed by atoms with van der Waals surface area (Å²) < 4.78 is 10.8. The number of fused-ring (bicyclic) bond motifs is 2. The second kappa shape index (κ2) is 8.65. The van der Waals surface area contributed by atoms with Gasteiger partial charge < -0.3 is 19.5 Å². The highest BCUT2D eigenvalue weighted by molar-refractivity contribution is 6.02. The van der Waals surface area contributed by atoms with Crippen LogP contribution in [0.1, 0.15) is 40.7 Å². The molecule has 0 aromatic heterocycles. The zero-order chi connectivity index (χ0) is 22.1. The van der Waals surface area contributed by atoms with Gasteiger partial charge in [-0.1, -0.05) is 24.3 Å². The Morgan fingerprint density at radius 2 is 1.94 bits per heavy atom. The van der Waals surface area contributed by atoms with Crippen LogP contribution >= 0.6 is 0 Å². The smallest absolute Gasteiger partial charge is 0.303 e. The topological polar surface area (TPSA) is 88.4 Å². The number of aliphatic imine (C=N–C) groups is 1. The van der Waals surface area contributed by atoms with Crippen molar-refractivity contribution in [2.75, 3.05) is 26.4 Å². The number of benzene rings is 2. The number of carbonyl (C=O) groups is 2. The molecule has 1 N–H and O–H groups in total. The standard InChI is InChI=1S/C25H26N2O5/c28-24(29)13-17-8-10-27(25(30)18-5-6-22-23(12-18)32-15-31-22)14-19(17)11-21-20-4-2-1-3-16(20)7-9-26-21/h1-6,12,17,19H,7-11,13-15H2,(H,28,29)/t17-,19-/m0/s1. The van der Waals surface area contributed by atoms with Gasteiger partial charge in [0.25, 0.3) is 5.91 Å². The van der Waals surface area contributed by atoms with Gasteiger partial charge in [-0.05, 0) is 60.4 Å². The average Bonchev–Trinajstić information content (AvgIpc) is 3.27. The maximum absolute atomic E-state index is 13.2. The Kier molecular flexibility index (Phi) is 5.55. The molecule has 1 amide bonds. The summed E-state index contributed by atoms with van der Waals surface area (Å²) in [5, 5.41) is 9.45. The number of hydrogen-bond donors (Lipinski definition) is 1. The molecule has 3 aliphatic heterocycles. The van der Waals surface area contributed by atoms with Gasteiger partial charge in [-0.25, -0.2) is 0 Å². The fourth-order valence-electron chi connectivity index (χ4n) is 5.04. The molecule has 0 radical (unpaired) electrons. The molecule has 0 bridgehead atoms. The van der Waals surface area contributed by atoms with E-state index in [4.69, 9.17) is 14.5 Å². The van der Waals surface area contributed by atoms with Crippen LogP contribution in [0.4, 0.5) is 0 Å². The van der Waals surface area contributed by atoms with E-state index in [1.54, 1.807) is 18.2 Å². The third kappa shape index (κ3) is 4.07. The summed E-state index contributed by atoms with van der Waals surface area (Å²) in [6.45, 7) is 1.99. The Balaban J connectivity index is 1.36. The van der Waals surface area contributed by atoms with Crippen molar-refractivity contribution in [1.29, 1.82) is 0 Å². The van der Waals surface area contributed by atoms with E-state index in [2.05, 4.69) is 12.1 Å². The first-order chi connectivity index (χ1) is 15.6. The summed E-state index contributed by atoms with van der Waals surface area (Å²) in [6, 6.07) is 13.5. The Hall–Kier alpha value is -3.35. The molecule has 3 aliphatic rings. The van der Waals surface area contributed by atoms with Crippen LogP contribution in [-0.2, 0) is 11.2 Å². The molecule has 7 heteroatoms. The molecule has 0 aliphatic carbocycles. The fraction of sp³-hybridized carbons (Fsp3) is 0.400. The lowest BCUT2D eigenvalue weighted by Gasteiger charge is -2.39. The van der Waals surface area contributed by atoms with Crippen molar-refractivity contribution in [3.8, 4) is 11.5 Å². The monoisotopic (exact) mass is 434 g/mol. The number of carboxylic acid groups (broad SMARTS) is 1. The number of piperidine rings is 1. The Labute approximate surface area is 186 Å². The van der Waals surface area contributed by atoms with Gasteiger partial charge in [-0.3, -0.25) is 14.6 Å². The van der Waals surface area contributed by atoms with Gasteiger partial charge in [0.15, 0.2) is 11.5 Å². The number of carboxylic acids is 1. The van der Waals surface area contributed by atoms with E-state index >= 15 is 0 Å². The van der Waals surface area contributed by atoms with Crippen LogP contribution in [0.15, 0.2) is 47.5 Å². The lowest BCUT2D eigenvalue weighted by Crippen LogP contribution is -2.45. The van der Waals surface area contributed by atoms with Gasteiger partial charge in [0, 0.05) is 37.3 Å². The molecule has 5 rings (SSSR count). The molecule has 32 heavy (non-hydrogen) atoms. The first-order valence-electron chi connectivity index (χ1n) is 11.1. The largest absolute Gasteiger partial charge is 0.481 e. The summed E-state index contributed by atoms with van der Waals surface area (Å²) in [4.78, 5) is 31.4. The number of nitrogens with zero attached hydrogens (tertiary/aromatic N) is 2. The molecule has 2 atom stereocenters. The Morgan fingerprint density at radius 3 is 2.81 bits per heavy atom. The molecule has 1 saturated heterocycles. The van der Waals surface area contributed by atoms with Crippen LogP contribution in [0.5, 0.6) is 11.5 Å². The second-order valence-corrected chi connectivity index (χ2v) is 8.67. The molecule has 1 fully saturated rings. The van der Waals surface area contributed by atoms with E-state index in [1.165, 1.54) is 5.56 Å². The average molecular weight is 434 g/mol. The van der Waals surface area contributed by atoms with Crippen molar-refractivity contribution in [3.05, 3.63) is 59.2 Å². The molecule has 7 nitrogen and oxygen atoms in total. The van der Waals surface area contributed by atoms with Crippen molar-refractivity contribution in [1.82, 2.24) is 4.90 Å². The third-order valence-electron chi connectivity index (χ3n) is 6.70. The molecule has 0 saturated carbocycles. The number of rotatable bonds is 5. The van der Waals surface area contributed by atoms with E-state index in [-0.39, 0.29) is 31.0 Å². The lowest BCUT2D eigenvalue weighted by atomic mass is 9.78. The predicted octanol–water partition coefficient (Wildman–Crippen LogP) is 3.40. The number of hydrogen-bond acceptors (Lipinski definition) is 5. The first kappa shape index (κ1) is 20.5. The summed E-state index contributed by atoms with van der Waals surface area (Å²) in [7, 11) is 0. The second-order valence-electron chi connectivity index (χ2n) is 8.67. The Bertz CT molecular complexity index is 1080. The Morgan fingerprint density at radius 1 is 1.09 bits per heavy atom. The maximum Gasteiger partial charge on any atom is 0.303 e. The highest BCUT2D eigenvalue weighted by Crippen LogP contribution is 2.35. The van der Waals surface area contributed by atoms with Crippen LogP contribution in [0.3, 0.4) is 0 Å². The zero-order valence-electron chi connectivity index (χ0n) is 17.8. The number of amides is 1. The number of carbonyl (C=O) groups excluding carboxylic acids is 1. The number of likely N-dealkylation sites (tertiary alicyclic amines) is 1. The van der Waals surface area contributed by atoms with Crippen LogP contribution in [0, 0.1) is 11.8 Å². The molecule has 2 aromatic rings. The van der Waals surface area contributed by atoms with E-state index in [9.17, 15) is 14.7 Å². The summed E-state index contributed by atoms with van der Waals surface area (Å²) in [5.41, 5.74) is 4.04. The van der Waals surface area contributed by atoms with Crippen molar-refractivity contribution in [3.63, 3.8) is 0 Å². The van der Waals surface area contributed by atoms with E-state index < -0.39 is 5.97 Å². The van der Waals surface area contributed by atoms with E-state index in [0.29, 0.717) is 43.0 Å². The van der Waals surface area contributed by atoms with E-state index in [1.807, 2.05) is 17.0 Å². The van der Waals surface area contributed by atoms with Gasteiger partial charge in [-0.15, -0.1) is 0 Å². The minimum atomic E-state index is -0.790. The molecular weight excluding hydrogens is 408 g/mol. The van der Waals surface area contributed by atoms with Crippen molar-refractivity contribution in [2.45, 2.75) is 25.7 Å². The van der Waals surface area contributed by atoms with Crippen LogP contribution in [0.25, 0.3) is 0 Å². The molecule has 3 heterocycles. The molecule has 166 valence electrons. The number of aliphatic carboxylic acids is 1. The lowest BCUT2D eigenvalue weighted by molar-refractivity contribution is -0.138. The van der Waals surface area contributed by atoms with Gasteiger partial charge in [0.05, 0.1) is 0 Å². The van der Waals surface area contributed by atoms with Gasteiger partial charge >= 0.3 is 5.97 Å². The quantitative estimate of drug-likeness (QED) is 0.779. The highest BCUT2D eigenvalue weighted by Gasteiger charge is 2.35. The predicted molar refractivity (Wildman–Crippen MR) is 118 cm³/mol. The van der Waals surface area contributed by atoms with E-state index in [0.717, 1.165) is 24.2 Å². The van der Waals surface area contributed by atoms with Crippen molar-refractivity contribution < 1.29 is 24.2 Å². The van der Waals surface area contributed by atoms with Crippen molar-refractivity contribution >= 4 is 17.6 Å². The summed E-state index contributed by atoms with van der Waals surface area (Å²) in [6.07, 6.45) is 2.39. The zero-order valence-corrected chi connectivity index (χ0v) is 17.8. The minimum Gasteiger partial charge on any atom is -0.481 e. The normalized spacial score (nSPS) is 21.6. The molecule has 0 unspecified atom stereocenters. The van der Waals surface area contributed by atoms with Gasteiger partial charge in [0.1, 0.15) is 0 Å². The maximum atomic E-state index is 13.2. The third-order valence-corrected chi connectivity index (χ3v) is 6.70. The van der Waals surface area contributed by atoms with Crippen LogP contribution in [0.2, 0.25) is 0 Å². The fourth-order valence-corrected chi connectivity index (χ4v) is 5.04. The summed E-state index contributed by atoms with van der Waals surface area (Å²) in [5.74, 6) is 0.442. The SMILES string of the molecule is O=C(O)C[C@@H]1CCN(C(=O)c2ccc3c(c2)OCO3)C[C@@H]1CC1=NCCc2ccccc21.